The van der Waals surface area contributed by atoms with Crippen molar-refractivity contribution in [1.82, 2.24) is 0 Å². The first-order valence-electron chi connectivity index (χ1n) is 4.83. The Kier molecular flexibility index (Phi) is 3.60. The van der Waals surface area contributed by atoms with Gasteiger partial charge in [-0.1, -0.05) is 23.7 Å². The molecule has 0 fully saturated rings. The van der Waals surface area contributed by atoms with Crippen LogP contribution < -0.4 is 0 Å². The molecule has 86 valence electrons. The van der Waals surface area contributed by atoms with Gasteiger partial charge in [-0.05, 0) is 46.3 Å². The third-order valence-corrected chi connectivity index (χ3v) is 3.50. The third-order valence-electron chi connectivity index (χ3n) is 2.27. The Morgan fingerprint density at radius 2 is 1.82 bits per heavy atom. The zero-order valence-electron chi connectivity index (χ0n) is 8.58. The van der Waals surface area contributed by atoms with Crippen LogP contribution >= 0.6 is 27.5 Å². The van der Waals surface area contributed by atoms with Crippen LogP contribution in [0, 0.1) is 5.82 Å². The van der Waals surface area contributed by atoms with Crippen LogP contribution in [0.15, 0.2) is 46.9 Å². The molecule has 4 heteroatoms. The number of carbonyl (C=O) groups is 1. The molecule has 0 aromatic heterocycles. The molecule has 0 saturated heterocycles. The number of hydrogen-bond acceptors (Lipinski definition) is 1. The monoisotopic (exact) mass is 312 g/mol. The van der Waals surface area contributed by atoms with E-state index in [-0.39, 0.29) is 5.78 Å². The Labute approximate surface area is 111 Å². The fraction of sp³-hybridized carbons (Fsp3) is 0. The van der Waals surface area contributed by atoms with Crippen LogP contribution in [0.3, 0.4) is 0 Å². The van der Waals surface area contributed by atoms with Gasteiger partial charge in [-0.3, -0.25) is 4.79 Å². The molecular formula is C13H7BrClFO. The van der Waals surface area contributed by atoms with Crippen LogP contribution in [0.1, 0.15) is 15.9 Å². The summed E-state index contributed by atoms with van der Waals surface area (Å²) < 4.78 is 13.7. The van der Waals surface area contributed by atoms with Gasteiger partial charge in [-0.2, -0.15) is 0 Å². The molecule has 0 aliphatic carbocycles. The topological polar surface area (TPSA) is 17.1 Å². The van der Waals surface area contributed by atoms with Gasteiger partial charge in [0.25, 0.3) is 0 Å². The molecule has 0 N–H and O–H groups in total. The SMILES string of the molecule is O=C(c1cccc(F)c1)c1ccc(Br)c(Cl)c1. The van der Waals surface area contributed by atoms with Crippen LogP contribution in [0.2, 0.25) is 5.02 Å². The Bertz CT molecular complexity index is 583. The molecule has 17 heavy (non-hydrogen) atoms. The van der Waals surface area contributed by atoms with Crippen LogP contribution in [0.5, 0.6) is 0 Å². The predicted octanol–water partition coefficient (Wildman–Crippen LogP) is 4.47. The van der Waals surface area contributed by atoms with Crippen molar-refractivity contribution >= 4 is 33.3 Å². The number of hydrogen-bond donors (Lipinski definition) is 0. The van der Waals surface area contributed by atoms with Crippen LogP contribution in [-0.2, 0) is 0 Å². The first-order valence-corrected chi connectivity index (χ1v) is 6.00. The summed E-state index contributed by atoms with van der Waals surface area (Å²) in [7, 11) is 0. The lowest BCUT2D eigenvalue weighted by Gasteiger charge is -2.03. The van der Waals surface area contributed by atoms with Crippen molar-refractivity contribution in [2.75, 3.05) is 0 Å². The minimum atomic E-state index is -0.431. The molecule has 1 nitrogen and oxygen atoms in total. The Balaban J connectivity index is 2.40. The molecule has 0 amide bonds. The lowest BCUT2D eigenvalue weighted by Crippen LogP contribution is -2.01. The van der Waals surface area contributed by atoms with E-state index >= 15 is 0 Å². The van der Waals surface area contributed by atoms with Crippen LogP contribution in [0.25, 0.3) is 0 Å². The molecule has 0 radical (unpaired) electrons. The molecule has 2 aromatic carbocycles. The van der Waals surface area contributed by atoms with Crippen molar-refractivity contribution in [2.24, 2.45) is 0 Å². The van der Waals surface area contributed by atoms with E-state index in [9.17, 15) is 9.18 Å². The number of rotatable bonds is 2. The summed E-state index contributed by atoms with van der Waals surface area (Å²) in [5, 5.41) is 0.451. The Morgan fingerprint density at radius 3 is 2.47 bits per heavy atom. The molecular weight excluding hydrogens is 306 g/mol. The average molecular weight is 314 g/mol. The van der Waals surface area contributed by atoms with Crippen molar-refractivity contribution < 1.29 is 9.18 Å². The summed E-state index contributed by atoms with van der Waals surface area (Å²) in [6, 6.07) is 10.5. The van der Waals surface area contributed by atoms with E-state index in [1.165, 1.54) is 18.2 Å². The van der Waals surface area contributed by atoms with E-state index in [4.69, 9.17) is 11.6 Å². The van der Waals surface area contributed by atoms with Crippen molar-refractivity contribution in [3.8, 4) is 0 Å². The summed E-state index contributed by atoms with van der Waals surface area (Å²) in [4.78, 5) is 12.0. The maximum absolute atomic E-state index is 13.0. The van der Waals surface area contributed by atoms with Crippen LogP contribution in [-0.4, -0.2) is 5.78 Å². The summed E-state index contributed by atoms with van der Waals surface area (Å²) in [5.74, 6) is -0.682. The highest BCUT2D eigenvalue weighted by atomic mass is 79.9. The molecule has 0 spiro atoms. The smallest absolute Gasteiger partial charge is 0.193 e. The largest absolute Gasteiger partial charge is 0.289 e. The number of halogens is 3. The summed E-state index contributed by atoms with van der Waals surface area (Å²) in [5.41, 5.74) is 0.743. The quantitative estimate of drug-likeness (QED) is 0.748. The highest BCUT2D eigenvalue weighted by molar-refractivity contribution is 9.10. The van der Waals surface area contributed by atoms with Crippen LogP contribution in [0.4, 0.5) is 4.39 Å². The predicted molar refractivity (Wildman–Crippen MR) is 69.0 cm³/mol. The van der Waals surface area contributed by atoms with Gasteiger partial charge >= 0.3 is 0 Å². The van der Waals surface area contributed by atoms with Gasteiger partial charge < -0.3 is 0 Å². The normalized spacial score (nSPS) is 10.3. The van der Waals surface area contributed by atoms with Crippen molar-refractivity contribution in [1.29, 1.82) is 0 Å². The molecule has 0 saturated carbocycles. The molecule has 2 rings (SSSR count). The van der Waals surface area contributed by atoms with Gasteiger partial charge in [0.2, 0.25) is 0 Å². The van der Waals surface area contributed by atoms with Crippen molar-refractivity contribution in [3.63, 3.8) is 0 Å². The minimum Gasteiger partial charge on any atom is -0.289 e. The summed E-state index contributed by atoms with van der Waals surface area (Å²) in [6.07, 6.45) is 0. The molecule has 0 unspecified atom stereocenters. The second-order valence-electron chi connectivity index (χ2n) is 3.47. The molecule has 0 heterocycles. The van der Waals surface area contributed by atoms with Gasteiger partial charge in [0.15, 0.2) is 5.78 Å². The lowest BCUT2D eigenvalue weighted by atomic mass is 10.0. The Hall–Kier alpha value is -1.19. The van der Waals surface area contributed by atoms with Gasteiger partial charge in [0.05, 0.1) is 5.02 Å². The van der Waals surface area contributed by atoms with E-state index in [0.717, 1.165) is 4.47 Å². The first-order chi connectivity index (χ1) is 8.08. The van der Waals surface area contributed by atoms with Crippen molar-refractivity contribution in [2.45, 2.75) is 0 Å². The summed E-state index contributed by atoms with van der Waals surface area (Å²) in [6.45, 7) is 0. The van der Waals surface area contributed by atoms with E-state index in [0.29, 0.717) is 16.1 Å². The number of benzene rings is 2. The maximum Gasteiger partial charge on any atom is 0.193 e. The minimum absolute atomic E-state index is 0.251. The summed E-state index contributed by atoms with van der Waals surface area (Å²) >= 11 is 9.15. The molecule has 2 aromatic rings. The van der Waals surface area contributed by atoms with Gasteiger partial charge in [-0.25, -0.2) is 4.39 Å². The van der Waals surface area contributed by atoms with E-state index < -0.39 is 5.82 Å². The van der Waals surface area contributed by atoms with E-state index in [1.54, 1.807) is 24.3 Å². The van der Waals surface area contributed by atoms with Gasteiger partial charge in [-0.15, -0.1) is 0 Å². The molecule has 0 bridgehead atoms. The number of carbonyl (C=O) groups excluding carboxylic acids is 1. The lowest BCUT2D eigenvalue weighted by molar-refractivity contribution is 0.103. The molecule has 0 aliphatic heterocycles. The van der Waals surface area contributed by atoms with E-state index in [2.05, 4.69) is 15.9 Å². The van der Waals surface area contributed by atoms with E-state index in [1.807, 2.05) is 0 Å². The zero-order valence-corrected chi connectivity index (χ0v) is 10.9. The number of ketones is 1. The standard InChI is InChI=1S/C13H7BrClFO/c14-11-5-4-9(7-12(11)15)13(17)8-2-1-3-10(16)6-8/h1-7H. The third kappa shape index (κ3) is 2.73. The average Bonchev–Trinajstić information content (AvgIpc) is 2.32. The maximum atomic E-state index is 13.0. The fourth-order valence-electron chi connectivity index (χ4n) is 1.43. The first kappa shape index (κ1) is 12.3. The van der Waals surface area contributed by atoms with Gasteiger partial charge in [0, 0.05) is 15.6 Å². The highest BCUT2D eigenvalue weighted by Crippen LogP contribution is 2.24. The molecule has 0 aliphatic rings. The Morgan fingerprint density at radius 1 is 1.12 bits per heavy atom. The highest BCUT2D eigenvalue weighted by Gasteiger charge is 2.11. The van der Waals surface area contributed by atoms with Crippen molar-refractivity contribution in [3.05, 3.63) is 68.9 Å². The fourth-order valence-corrected chi connectivity index (χ4v) is 1.86. The second-order valence-corrected chi connectivity index (χ2v) is 4.73. The zero-order chi connectivity index (χ0) is 12.4. The molecule has 0 atom stereocenters. The van der Waals surface area contributed by atoms with Gasteiger partial charge in [0.1, 0.15) is 5.82 Å². The second kappa shape index (κ2) is 4.98.